The van der Waals surface area contributed by atoms with E-state index in [-0.39, 0.29) is 30.0 Å². The molecule has 1 aliphatic heterocycles. The molecule has 2 aromatic rings. The second-order valence-corrected chi connectivity index (χ2v) is 10.7. The topological polar surface area (TPSA) is 89.4 Å². The highest BCUT2D eigenvalue weighted by atomic mass is 32.2. The molecule has 33 heavy (non-hydrogen) atoms. The fourth-order valence-electron chi connectivity index (χ4n) is 5.10. The SMILES string of the molecule is CNS(=O)(=O)NC1CCc2ccc(C)c(=O)n2C1COC1CCC(c2ccccc2F)CC1. The first-order valence-electron chi connectivity index (χ1n) is 11.6. The lowest BCUT2D eigenvalue weighted by atomic mass is 9.82. The van der Waals surface area contributed by atoms with Gasteiger partial charge in [0, 0.05) is 24.3 Å². The number of pyridine rings is 1. The number of fused-ring (bicyclic) bond motifs is 1. The maximum absolute atomic E-state index is 14.2. The van der Waals surface area contributed by atoms with Gasteiger partial charge in [0.25, 0.3) is 15.8 Å². The molecule has 9 heteroatoms. The number of aryl methyl sites for hydroxylation is 2. The van der Waals surface area contributed by atoms with Crippen molar-refractivity contribution in [1.29, 1.82) is 0 Å². The van der Waals surface area contributed by atoms with E-state index in [1.54, 1.807) is 17.6 Å². The van der Waals surface area contributed by atoms with Gasteiger partial charge in [-0.2, -0.15) is 13.1 Å². The number of benzene rings is 1. The summed E-state index contributed by atoms with van der Waals surface area (Å²) in [7, 11) is -2.31. The number of hydrogen-bond donors (Lipinski definition) is 2. The summed E-state index contributed by atoms with van der Waals surface area (Å²) in [6.07, 6.45) is 4.46. The average Bonchev–Trinajstić information content (AvgIpc) is 2.81. The van der Waals surface area contributed by atoms with E-state index in [4.69, 9.17) is 4.74 Å². The maximum Gasteiger partial charge on any atom is 0.276 e. The van der Waals surface area contributed by atoms with Crippen molar-refractivity contribution in [3.8, 4) is 0 Å². The Hall–Kier alpha value is -2.07. The molecule has 0 amide bonds. The van der Waals surface area contributed by atoms with Crippen LogP contribution < -0.4 is 15.0 Å². The number of halogens is 1. The van der Waals surface area contributed by atoms with E-state index in [2.05, 4.69) is 9.44 Å². The molecular formula is C24H32FN3O4S. The van der Waals surface area contributed by atoms with E-state index in [0.717, 1.165) is 36.9 Å². The summed E-state index contributed by atoms with van der Waals surface area (Å²) in [4.78, 5) is 13.0. The first kappa shape index (κ1) is 24.1. The molecule has 1 aromatic carbocycles. The van der Waals surface area contributed by atoms with Gasteiger partial charge >= 0.3 is 0 Å². The second-order valence-electron chi connectivity index (χ2n) is 9.05. The minimum Gasteiger partial charge on any atom is -0.376 e. The lowest BCUT2D eigenvalue weighted by Crippen LogP contribution is -2.52. The molecule has 180 valence electrons. The van der Waals surface area contributed by atoms with Crippen LogP contribution in [0.4, 0.5) is 4.39 Å². The standard InChI is InChI=1S/C24H32FN3O4S/c1-16-7-10-18-11-14-22(27-33(30,31)26-2)23(28(18)24(16)29)15-32-19-12-8-17(9-13-19)20-5-3-4-6-21(20)25/h3-7,10,17,19,22-23,26-27H,8-9,11-15H2,1-2H3. The van der Waals surface area contributed by atoms with E-state index < -0.39 is 22.3 Å². The molecule has 0 saturated heterocycles. The van der Waals surface area contributed by atoms with Crippen molar-refractivity contribution in [2.24, 2.45) is 0 Å². The minimum atomic E-state index is -3.67. The second kappa shape index (κ2) is 10.0. The Morgan fingerprint density at radius 3 is 2.52 bits per heavy atom. The molecule has 1 aromatic heterocycles. The molecule has 0 bridgehead atoms. The highest BCUT2D eigenvalue weighted by Gasteiger charge is 2.34. The van der Waals surface area contributed by atoms with Crippen molar-refractivity contribution in [2.45, 2.75) is 69.6 Å². The third-order valence-electron chi connectivity index (χ3n) is 7.00. The smallest absolute Gasteiger partial charge is 0.276 e. The van der Waals surface area contributed by atoms with Crippen LogP contribution in [0.3, 0.4) is 0 Å². The molecule has 2 heterocycles. The van der Waals surface area contributed by atoms with Crippen LogP contribution in [0.5, 0.6) is 0 Å². The van der Waals surface area contributed by atoms with Gasteiger partial charge in [-0.1, -0.05) is 24.3 Å². The Labute approximate surface area is 194 Å². The van der Waals surface area contributed by atoms with Crippen molar-refractivity contribution in [2.75, 3.05) is 13.7 Å². The van der Waals surface area contributed by atoms with E-state index in [1.807, 2.05) is 24.3 Å². The van der Waals surface area contributed by atoms with Gasteiger partial charge in [-0.15, -0.1) is 0 Å². The zero-order chi connectivity index (χ0) is 23.6. The van der Waals surface area contributed by atoms with Crippen molar-refractivity contribution in [3.05, 3.63) is 69.4 Å². The molecule has 4 rings (SSSR count). The molecule has 1 fully saturated rings. The highest BCUT2D eigenvalue weighted by molar-refractivity contribution is 7.87. The van der Waals surface area contributed by atoms with E-state index in [0.29, 0.717) is 18.4 Å². The Balaban J connectivity index is 1.47. The van der Waals surface area contributed by atoms with E-state index >= 15 is 0 Å². The molecular weight excluding hydrogens is 445 g/mol. The van der Waals surface area contributed by atoms with Gasteiger partial charge in [0.1, 0.15) is 5.82 Å². The summed E-state index contributed by atoms with van der Waals surface area (Å²) in [6.45, 7) is 2.00. The Kier molecular flexibility index (Phi) is 7.33. The number of nitrogens with zero attached hydrogens (tertiary/aromatic N) is 1. The summed E-state index contributed by atoms with van der Waals surface area (Å²) >= 11 is 0. The Morgan fingerprint density at radius 1 is 1.09 bits per heavy atom. The molecule has 0 spiro atoms. The molecule has 2 N–H and O–H groups in total. The predicted molar refractivity (Wildman–Crippen MR) is 125 cm³/mol. The van der Waals surface area contributed by atoms with Gasteiger partial charge in [-0.3, -0.25) is 4.79 Å². The largest absolute Gasteiger partial charge is 0.376 e. The molecule has 2 unspecified atom stereocenters. The maximum atomic E-state index is 14.2. The molecule has 2 atom stereocenters. The van der Waals surface area contributed by atoms with Crippen LogP contribution in [-0.4, -0.2) is 38.8 Å². The summed E-state index contributed by atoms with van der Waals surface area (Å²) in [5, 5.41) is 0. The molecule has 7 nitrogen and oxygen atoms in total. The van der Waals surface area contributed by atoms with Gasteiger partial charge in [0.05, 0.1) is 18.8 Å². The summed E-state index contributed by atoms with van der Waals surface area (Å²) in [5.74, 6) is 0.0250. The van der Waals surface area contributed by atoms with Gasteiger partial charge < -0.3 is 9.30 Å². The minimum absolute atomic E-state index is 0.000434. The lowest BCUT2D eigenvalue weighted by molar-refractivity contribution is -0.00186. The Bertz CT molecular complexity index is 1140. The summed E-state index contributed by atoms with van der Waals surface area (Å²) in [6, 6.07) is 9.79. The molecule has 1 saturated carbocycles. The summed E-state index contributed by atoms with van der Waals surface area (Å²) < 4.78 is 51.5. The van der Waals surface area contributed by atoms with Crippen molar-refractivity contribution >= 4 is 10.2 Å². The van der Waals surface area contributed by atoms with Crippen LogP contribution in [0.15, 0.2) is 41.2 Å². The Morgan fingerprint density at radius 2 is 1.82 bits per heavy atom. The number of nitrogens with one attached hydrogen (secondary N) is 2. The predicted octanol–water partition coefficient (Wildman–Crippen LogP) is 2.95. The first-order valence-corrected chi connectivity index (χ1v) is 13.0. The normalized spacial score (nSPS) is 25.5. The average molecular weight is 478 g/mol. The highest BCUT2D eigenvalue weighted by Crippen LogP contribution is 2.36. The number of rotatable bonds is 7. The zero-order valence-electron chi connectivity index (χ0n) is 19.1. The van der Waals surface area contributed by atoms with Crippen LogP contribution in [-0.2, 0) is 21.4 Å². The van der Waals surface area contributed by atoms with Crippen molar-refractivity contribution < 1.29 is 17.5 Å². The third-order valence-corrected chi connectivity index (χ3v) is 8.15. The summed E-state index contributed by atoms with van der Waals surface area (Å²) in [5.41, 5.74) is 2.16. The first-order chi connectivity index (χ1) is 15.8. The fourth-order valence-corrected chi connectivity index (χ4v) is 5.90. The van der Waals surface area contributed by atoms with Crippen LogP contribution in [0, 0.1) is 12.7 Å². The van der Waals surface area contributed by atoms with Gasteiger partial charge in [-0.25, -0.2) is 9.11 Å². The van der Waals surface area contributed by atoms with Crippen molar-refractivity contribution in [1.82, 2.24) is 14.0 Å². The van der Waals surface area contributed by atoms with E-state index in [1.165, 1.54) is 13.1 Å². The van der Waals surface area contributed by atoms with Crippen LogP contribution in [0.1, 0.15) is 60.9 Å². The zero-order valence-corrected chi connectivity index (χ0v) is 19.9. The molecule has 0 radical (unpaired) electrons. The monoisotopic (exact) mass is 477 g/mol. The fraction of sp³-hybridized carbons (Fsp3) is 0.542. The van der Waals surface area contributed by atoms with Crippen LogP contribution in [0.25, 0.3) is 0 Å². The number of aromatic nitrogens is 1. The van der Waals surface area contributed by atoms with Gasteiger partial charge in [0.15, 0.2) is 0 Å². The molecule has 2 aliphatic rings. The van der Waals surface area contributed by atoms with E-state index in [9.17, 15) is 17.6 Å². The van der Waals surface area contributed by atoms with Gasteiger partial charge in [0.2, 0.25) is 0 Å². The molecule has 1 aliphatic carbocycles. The van der Waals surface area contributed by atoms with Crippen LogP contribution >= 0.6 is 0 Å². The number of hydrogen-bond acceptors (Lipinski definition) is 4. The van der Waals surface area contributed by atoms with Gasteiger partial charge in [-0.05, 0) is 69.1 Å². The lowest BCUT2D eigenvalue weighted by Gasteiger charge is -2.37. The third kappa shape index (κ3) is 5.37. The quantitative estimate of drug-likeness (QED) is 0.642. The van der Waals surface area contributed by atoms with Crippen molar-refractivity contribution in [3.63, 3.8) is 0 Å². The number of ether oxygens (including phenoxy) is 1. The van der Waals surface area contributed by atoms with Crippen LogP contribution in [0.2, 0.25) is 0 Å².